The summed E-state index contributed by atoms with van der Waals surface area (Å²) in [6.45, 7) is 3.62. The van der Waals surface area contributed by atoms with Crippen LogP contribution in [0.4, 0.5) is 0 Å². The Labute approximate surface area is 112 Å². The van der Waals surface area contributed by atoms with Crippen LogP contribution in [-0.2, 0) is 0 Å². The predicted octanol–water partition coefficient (Wildman–Crippen LogP) is 3.95. The number of nitrogens with two attached hydrogens (primary N) is 1. The maximum atomic E-state index is 7.01. The summed E-state index contributed by atoms with van der Waals surface area (Å²) < 4.78 is 0. The second-order valence-electron chi connectivity index (χ2n) is 3.54. The van der Waals surface area contributed by atoms with Crippen LogP contribution in [0.2, 0.25) is 5.02 Å². The van der Waals surface area contributed by atoms with Gasteiger partial charge >= 0.3 is 0 Å². The van der Waals surface area contributed by atoms with Crippen LogP contribution >= 0.6 is 11.6 Å². The van der Waals surface area contributed by atoms with E-state index in [1.807, 2.05) is 54.6 Å². The van der Waals surface area contributed by atoms with Gasteiger partial charge in [-0.05, 0) is 17.7 Å². The van der Waals surface area contributed by atoms with Crippen LogP contribution in [0.15, 0.2) is 61.2 Å². The lowest BCUT2D eigenvalue weighted by Crippen LogP contribution is -2.10. The molecule has 0 aliphatic carbocycles. The van der Waals surface area contributed by atoms with Gasteiger partial charge in [-0.15, -0.1) is 0 Å². The van der Waals surface area contributed by atoms with Crippen molar-refractivity contribution in [3.63, 3.8) is 0 Å². The SMILES string of the molecule is C=Cc1ccc(Cl)cc1.N=C(N)c1ccccc1. The first-order valence-electron chi connectivity index (χ1n) is 5.41. The number of hydrogen-bond acceptors (Lipinski definition) is 1. The molecule has 2 rings (SSSR count). The quantitative estimate of drug-likeness (QED) is 0.622. The van der Waals surface area contributed by atoms with E-state index in [0.717, 1.165) is 16.1 Å². The van der Waals surface area contributed by atoms with Crippen LogP contribution in [-0.4, -0.2) is 5.84 Å². The van der Waals surface area contributed by atoms with Gasteiger partial charge in [0.1, 0.15) is 5.84 Å². The Morgan fingerprint density at radius 2 is 1.61 bits per heavy atom. The highest BCUT2D eigenvalue weighted by atomic mass is 35.5. The lowest BCUT2D eigenvalue weighted by Gasteiger charge is -1.93. The van der Waals surface area contributed by atoms with Gasteiger partial charge in [-0.3, -0.25) is 5.41 Å². The van der Waals surface area contributed by atoms with E-state index in [9.17, 15) is 0 Å². The topological polar surface area (TPSA) is 49.9 Å². The fourth-order valence-corrected chi connectivity index (χ4v) is 1.34. The van der Waals surface area contributed by atoms with E-state index in [-0.39, 0.29) is 5.84 Å². The molecule has 3 N–H and O–H groups in total. The molecule has 2 nitrogen and oxygen atoms in total. The average Bonchev–Trinajstić information content (AvgIpc) is 2.41. The summed E-state index contributed by atoms with van der Waals surface area (Å²) in [5, 5.41) is 7.78. The Balaban J connectivity index is 0.000000180. The van der Waals surface area contributed by atoms with Crippen LogP contribution in [0.1, 0.15) is 11.1 Å². The highest BCUT2D eigenvalue weighted by Crippen LogP contribution is 2.09. The van der Waals surface area contributed by atoms with E-state index in [1.165, 1.54) is 0 Å². The number of benzene rings is 2. The van der Waals surface area contributed by atoms with E-state index < -0.39 is 0 Å². The van der Waals surface area contributed by atoms with Crippen LogP contribution in [0.25, 0.3) is 6.08 Å². The van der Waals surface area contributed by atoms with E-state index >= 15 is 0 Å². The molecule has 0 heterocycles. The van der Waals surface area contributed by atoms with Crippen molar-refractivity contribution in [2.24, 2.45) is 5.73 Å². The molecule has 3 heteroatoms. The van der Waals surface area contributed by atoms with Crippen molar-refractivity contribution in [1.82, 2.24) is 0 Å². The van der Waals surface area contributed by atoms with Crippen LogP contribution in [0.3, 0.4) is 0 Å². The zero-order valence-electron chi connectivity index (χ0n) is 9.94. The minimum absolute atomic E-state index is 0.121. The normalized spacial score (nSPS) is 8.94. The van der Waals surface area contributed by atoms with Gasteiger partial charge in [0.2, 0.25) is 0 Å². The largest absolute Gasteiger partial charge is 0.384 e. The Morgan fingerprint density at radius 3 is 2.00 bits per heavy atom. The van der Waals surface area contributed by atoms with Crippen molar-refractivity contribution < 1.29 is 0 Å². The summed E-state index contributed by atoms with van der Waals surface area (Å²) in [7, 11) is 0. The Hall–Kier alpha value is -2.06. The Morgan fingerprint density at radius 1 is 1.06 bits per heavy atom. The van der Waals surface area contributed by atoms with Crippen molar-refractivity contribution in [2.45, 2.75) is 0 Å². The van der Waals surface area contributed by atoms with Gasteiger partial charge in [-0.1, -0.05) is 66.7 Å². The highest BCUT2D eigenvalue weighted by Gasteiger charge is 1.89. The van der Waals surface area contributed by atoms with Gasteiger partial charge < -0.3 is 5.73 Å². The zero-order valence-corrected chi connectivity index (χ0v) is 10.7. The van der Waals surface area contributed by atoms with Gasteiger partial charge in [0, 0.05) is 10.6 Å². The fourth-order valence-electron chi connectivity index (χ4n) is 1.22. The molecule has 0 unspecified atom stereocenters. The second-order valence-corrected chi connectivity index (χ2v) is 3.97. The summed E-state index contributed by atoms with van der Waals surface area (Å²) in [6.07, 6.45) is 1.79. The molecule has 2 aromatic rings. The molecule has 0 saturated heterocycles. The third-order valence-electron chi connectivity index (χ3n) is 2.19. The molecule has 0 aliphatic heterocycles. The molecule has 92 valence electrons. The number of halogens is 1. The predicted molar refractivity (Wildman–Crippen MR) is 79.0 cm³/mol. The standard InChI is InChI=1S/C8H7Cl.C7H8N2/c1-2-7-3-5-8(9)6-4-7;8-7(9)6-4-2-1-3-5-6/h2-6H,1H2;1-5H,(H3,8,9). The van der Waals surface area contributed by atoms with Crippen molar-refractivity contribution >= 4 is 23.5 Å². The second kappa shape index (κ2) is 7.30. The maximum Gasteiger partial charge on any atom is 0.122 e. The van der Waals surface area contributed by atoms with Crippen molar-refractivity contribution in [3.8, 4) is 0 Å². The molecule has 0 atom stereocenters. The third kappa shape index (κ3) is 4.85. The maximum absolute atomic E-state index is 7.01. The van der Waals surface area contributed by atoms with Gasteiger partial charge in [-0.2, -0.15) is 0 Å². The monoisotopic (exact) mass is 258 g/mol. The molecule has 0 aromatic heterocycles. The summed E-state index contributed by atoms with van der Waals surface area (Å²) in [5.74, 6) is 0.121. The van der Waals surface area contributed by atoms with Gasteiger partial charge in [-0.25, -0.2) is 0 Å². The summed E-state index contributed by atoms with van der Waals surface area (Å²) in [5.41, 5.74) is 7.07. The van der Waals surface area contributed by atoms with Gasteiger partial charge in [0.25, 0.3) is 0 Å². The summed E-state index contributed by atoms with van der Waals surface area (Å²) in [4.78, 5) is 0. The lowest BCUT2D eigenvalue weighted by molar-refractivity contribution is 1.42. The van der Waals surface area contributed by atoms with E-state index in [4.69, 9.17) is 22.7 Å². The molecule has 0 amide bonds. The van der Waals surface area contributed by atoms with Crippen molar-refractivity contribution in [2.75, 3.05) is 0 Å². The number of rotatable bonds is 2. The van der Waals surface area contributed by atoms with Crippen LogP contribution in [0, 0.1) is 5.41 Å². The Kier molecular flexibility index (Phi) is 5.68. The van der Waals surface area contributed by atoms with Crippen LogP contribution < -0.4 is 5.73 Å². The smallest absolute Gasteiger partial charge is 0.122 e. The van der Waals surface area contributed by atoms with Gasteiger partial charge in [0.15, 0.2) is 0 Å². The molecule has 0 bridgehead atoms. The molecular formula is C15H15ClN2. The fraction of sp³-hybridized carbons (Fsp3) is 0. The molecule has 18 heavy (non-hydrogen) atoms. The molecule has 0 spiro atoms. The molecule has 0 radical (unpaired) electrons. The van der Waals surface area contributed by atoms with E-state index in [0.29, 0.717) is 0 Å². The van der Waals surface area contributed by atoms with Gasteiger partial charge in [0.05, 0.1) is 0 Å². The number of nitrogens with one attached hydrogen (secondary N) is 1. The van der Waals surface area contributed by atoms with Crippen LogP contribution in [0.5, 0.6) is 0 Å². The molecule has 0 aliphatic rings. The molecule has 0 saturated carbocycles. The summed E-state index contributed by atoms with van der Waals surface area (Å²) in [6, 6.07) is 16.8. The molecular weight excluding hydrogens is 244 g/mol. The minimum Gasteiger partial charge on any atom is -0.384 e. The molecule has 0 fully saturated rings. The first kappa shape index (κ1) is 14.0. The average molecular weight is 259 g/mol. The van der Waals surface area contributed by atoms with Crippen molar-refractivity contribution in [1.29, 1.82) is 5.41 Å². The van der Waals surface area contributed by atoms with E-state index in [1.54, 1.807) is 6.08 Å². The molecule has 2 aromatic carbocycles. The number of nitrogen functional groups attached to an aromatic ring is 1. The Bertz CT molecular complexity index is 504. The first-order valence-corrected chi connectivity index (χ1v) is 5.78. The third-order valence-corrected chi connectivity index (χ3v) is 2.44. The van der Waals surface area contributed by atoms with Crippen molar-refractivity contribution in [3.05, 3.63) is 77.3 Å². The lowest BCUT2D eigenvalue weighted by atomic mass is 10.2. The zero-order chi connectivity index (χ0) is 13.4. The minimum atomic E-state index is 0.121. The highest BCUT2D eigenvalue weighted by molar-refractivity contribution is 6.30. The number of hydrogen-bond donors (Lipinski definition) is 2. The summed E-state index contributed by atoms with van der Waals surface area (Å²) >= 11 is 5.63. The number of amidine groups is 1. The first-order chi connectivity index (χ1) is 8.63. The van der Waals surface area contributed by atoms with E-state index in [2.05, 4.69) is 6.58 Å².